The number of esters is 1. The van der Waals surface area contributed by atoms with E-state index in [1.807, 2.05) is 0 Å². The lowest BCUT2D eigenvalue weighted by atomic mass is 10.5. The van der Waals surface area contributed by atoms with E-state index in [0.717, 1.165) is 6.26 Å². The molecular formula is C3HN3O6. The highest BCUT2D eigenvalue weighted by atomic mass is 16.7. The van der Waals surface area contributed by atoms with E-state index in [4.69, 9.17) is 5.26 Å². The second-order valence-electron chi connectivity index (χ2n) is 1.46. The quantitative estimate of drug-likeness (QED) is 0.174. The number of carbonyl (C=O) groups excluding carboxylic acids is 1. The van der Waals surface area contributed by atoms with E-state index in [1.54, 1.807) is 0 Å². The summed E-state index contributed by atoms with van der Waals surface area (Å²) in [6, 6.07) is 0. The summed E-state index contributed by atoms with van der Waals surface area (Å²) in [5.41, 5.74) is 0. The molecule has 9 nitrogen and oxygen atoms in total. The van der Waals surface area contributed by atoms with Crippen LogP contribution in [0.5, 0.6) is 0 Å². The first-order valence-corrected chi connectivity index (χ1v) is 2.37. The molecule has 12 heavy (non-hydrogen) atoms. The van der Waals surface area contributed by atoms with Crippen LogP contribution >= 0.6 is 0 Å². The molecule has 0 saturated heterocycles. The van der Waals surface area contributed by atoms with E-state index < -0.39 is 22.0 Å². The first-order chi connectivity index (χ1) is 5.50. The Morgan fingerprint density at radius 3 is 2.08 bits per heavy atom. The Hall–Kier alpha value is -2.24. The van der Waals surface area contributed by atoms with Gasteiger partial charge in [0, 0.05) is 0 Å². The molecule has 0 heterocycles. The summed E-state index contributed by atoms with van der Waals surface area (Å²) in [7, 11) is 0. The van der Waals surface area contributed by atoms with Gasteiger partial charge in [-0.05, 0) is 0 Å². The minimum atomic E-state index is -2.73. The number of rotatable bonds is 3. The lowest BCUT2D eigenvalue weighted by Gasteiger charge is -1.95. The maximum absolute atomic E-state index is 10.3. The maximum Gasteiger partial charge on any atom is 0.546 e. The van der Waals surface area contributed by atoms with Crippen molar-refractivity contribution in [3.63, 3.8) is 0 Å². The van der Waals surface area contributed by atoms with Gasteiger partial charge >= 0.3 is 12.1 Å². The summed E-state index contributed by atoms with van der Waals surface area (Å²) < 4.78 is 3.41. The van der Waals surface area contributed by atoms with Gasteiger partial charge in [-0.1, -0.05) is 0 Å². The van der Waals surface area contributed by atoms with E-state index >= 15 is 0 Å². The van der Waals surface area contributed by atoms with Crippen molar-refractivity contribution >= 4 is 5.97 Å². The van der Waals surface area contributed by atoms with Gasteiger partial charge in [0.15, 0.2) is 0 Å². The fourth-order valence-corrected chi connectivity index (χ4v) is 0.347. The lowest BCUT2D eigenvalue weighted by Crippen LogP contribution is -2.37. The van der Waals surface area contributed by atoms with Gasteiger partial charge in [-0.25, -0.2) is 4.79 Å². The van der Waals surface area contributed by atoms with Gasteiger partial charge in [0.2, 0.25) is 0 Å². The van der Waals surface area contributed by atoms with Crippen molar-refractivity contribution in [1.29, 1.82) is 5.26 Å². The highest BCUT2D eigenvalue weighted by molar-refractivity contribution is 5.73. The Labute approximate surface area is 64.4 Å². The van der Waals surface area contributed by atoms with Crippen LogP contribution in [-0.2, 0) is 9.53 Å². The molecule has 0 rings (SSSR count). The average molecular weight is 175 g/mol. The smallest absolute Gasteiger partial charge is 0.340 e. The second kappa shape index (κ2) is 3.81. The van der Waals surface area contributed by atoms with E-state index in [2.05, 4.69) is 4.74 Å². The fraction of sp³-hybridized carbons (Fsp3) is 0.333. The van der Waals surface area contributed by atoms with E-state index in [9.17, 15) is 25.0 Å². The van der Waals surface area contributed by atoms with Gasteiger partial charge < -0.3 is 4.74 Å². The Kier molecular flexibility index (Phi) is 3.10. The van der Waals surface area contributed by atoms with Gasteiger partial charge in [-0.15, -0.1) is 5.26 Å². The molecule has 0 aliphatic rings. The van der Waals surface area contributed by atoms with Gasteiger partial charge in [0.05, 0.1) is 0 Å². The van der Waals surface area contributed by atoms with Crippen molar-refractivity contribution in [2.75, 3.05) is 0 Å². The topological polar surface area (TPSA) is 136 Å². The summed E-state index contributed by atoms with van der Waals surface area (Å²) in [6.07, 6.45) is -1.93. The van der Waals surface area contributed by atoms with Crippen LogP contribution < -0.4 is 0 Å². The summed E-state index contributed by atoms with van der Waals surface area (Å²) in [6.45, 7) is 0. The van der Waals surface area contributed by atoms with Crippen LogP contribution in [0.1, 0.15) is 0 Å². The second-order valence-corrected chi connectivity index (χ2v) is 1.46. The summed E-state index contributed by atoms with van der Waals surface area (Å²) in [4.78, 5) is 27.0. The third-order valence-electron chi connectivity index (χ3n) is 0.756. The van der Waals surface area contributed by atoms with Crippen LogP contribution in [0, 0.1) is 31.7 Å². The van der Waals surface area contributed by atoms with Crippen LogP contribution in [0.25, 0.3) is 0 Å². The zero-order chi connectivity index (χ0) is 9.72. The lowest BCUT2D eigenvalue weighted by molar-refractivity contribution is -0.725. The third-order valence-corrected chi connectivity index (χ3v) is 0.756. The summed E-state index contributed by atoms with van der Waals surface area (Å²) >= 11 is 0. The monoisotopic (exact) mass is 175 g/mol. The molecule has 0 bridgehead atoms. The van der Waals surface area contributed by atoms with Gasteiger partial charge in [0.1, 0.15) is 9.85 Å². The van der Waals surface area contributed by atoms with E-state index in [-0.39, 0.29) is 0 Å². The Morgan fingerprint density at radius 2 is 1.83 bits per heavy atom. The van der Waals surface area contributed by atoms with E-state index in [1.165, 1.54) is 0 Å². The molecule has 0 aromatic rings. The minimum absolute atomic E-state index is 0.799. The minimum Gasteiger partial charge on any atom is -0.340 e. The molecule has 0 aliphatic carbocycles. The summed E-state index contributed by atoms with van der Waals surface area (Å²) in [5, 5.41) is 27.3. The van der Waals surface area contributed by atoms with Crippen LogP contribution in [0.4, 0.5) is 0 Å². The predicted molar refractivity (Wildman–Crippen MR) is 29.5 cm³/mol. The van der Waals surface area contributed by atoms with Crippen molar-refractivity contribution in [3.05, 3.63) is 20.2 Å². The first kappa shape index (κ1) is 9.76. The van der Waals surface area contributed by atoms with Crippen LogP contribution in [0.2, 0.25) is 0 Å². The number of hydrogen-bond donors (Lipinski definition) is 0. The molecule has 0 aliphatic heterocycles. The molecule has 0 aromatic carbocycles. The molecule has 0 atom stereocenters. The molecule has 9 heteroatoms. The Bertz CT molecular complexity index is 252. The average Bonchev–Trinajstić information content (AvgIpc) is 1.85. The molecule has 0 aromatic heterocycles. The van der Waals surface area contributed by atoms with Crippen molar-refractivity contribution in [3.8, 4) is 6.26 Å². The van der Waals surface area contributed by atoms with Crippen molar-refractivity contribution in [2.45, 2.75) is 6.17 Å². The number of ether oxygens (including phenoxy) is 1. The van der Waals surface area contributed by atoms with Crippen molar-refractivity contribution in [1.82, 2.24) is 0 Å². The van der Waals surface area contributed by atoms with Gasteiger partial charge in [-0.3, -0.25) is 20.2 Å². The maximum atomic E-state index is 10.3. The molecule has 0 N–H and O–H groups in total. The Balaban J connectivity index is 4.55. The molecular weight excluding hydrogens is 174 g/mol. The number of hydrogen-bond acceptors (Lipinski definition) is 7. The zero-order valence-corrected chi connectivity index (χ0v) is 5.37. The third kappa shape index (κ3) is 2.18. The highest BCUT2D eigenvalue weighted by Crippen LogP contribution is 1.94. The summed E-state index contributed by atoms with van der Waals surface area (Å²) in [5.74, 6) is -1.81. The molecule has 0 amide bonds. The van der Waals surface area contributed by atoms with E-state index in [0.29, 0.717) is 0 Å². The van der Waals surface area contributed by atoms with Gasteiger partial charge in [0.25, 0.3) is 6.26 Å². The molecule has 0 saturated carbocycles. The molecule has 0 unspecified atom stereocenters. The van der Waals surface area contributed by atoms with Crippen LogP contribution in [-0.4, -0.2) is 22.0 Å². The fourth-order valence-electron chi connectivity index (χ4n) is 0.347. The number of nitro groups is 2. The zero-order valence-electron chi connectivity index (χ0n) is 5.37. The molecule has 0 fully saturated rings. The first-order valence-electron chi connectivity index (χ1n) is 2.37. The van der Waals surface area contributed by atoms with Crippen molar-refractivity contribution < 1.29 is 19.4 Å². The number of nitrogens with zero attached hydrogens (tertiary/aromatic N) is 3. The Morgan fingerprint density at radius 1 is 1.42 bits per heavy atom. The largest absolute Gasteiger partial charge is 0.546 e. The normalized spacial score (nSPS) is 8.67. The highest BCUT2D eigenvalue weighted by Gasteiger charge is 2.44. The van der Waals surface area contributed by atoms with Crippen LogP contribution in [0.15, 0.2) is 0 Å². The molecule has 0 spiro atoms. The SMILES string of the molecule is N#COC(=O)C([N+](=O)[O-])[N+](=O)[O-]. The van der Waals surface area contributed by atoms with Gasteiger partial charge in [-0.2, -0.15) is 0 Å². The number of nitriles is 1. The standard InChI is InChI=1S/C3HN3O6/c4-1-12-3(7)2(5(8)9)6(10)11/h2H. The molecule has 0 radical (unpaired) electrons. The van der Waals surface area contributed by atoms with Crippen LogP contribution in [0.3, 0.4) is 0 Å². The predicted octanol–water partition coefficient (Wildman–Crippen LogP) is -1.11. The van der Waals surface area contributed by atoms with Crippen molar-refractivity contribution in [2.24, 2.45) is 0 Å². The number of carbonyl (C=O) groups is 1. The molecule has 64 valence electrons.